The van der Waals surface area contributed by atoms with E-state index in [9.17, 15) is 4.39 Å². The molecule has 0 saturated heterocycles. The molecule has 0 saturated carbocycles. The lowest BCUT2D eigenvalue weighted by molar-refractivity contribution is 0.102. The molecule has 0 bridgehead atoms. The molecule has 3 rings (SSSR count). The van der Waals surface area contributed by atoms with Crippen LogP contribution >= 0.6 is 12.4 Å². The monoisotopic (exact) mass is 345 g/mol. The third-order valence-corrected chi connectivity index (χ3v) is 3.86. The predicted octanol–water partition coefficient (Wildman–Crippen LogP) is 4.94. The Hall–Kier alpha value is -2.10. The maximum Gasteiger partial charge on any atom is 0.156 e. The van der Waals surface area contributed by atoms with Crippen molar-refractivity contribution in [1.82, 2.24) is 5.32 Å². The van der Waals surface area contributed by atoms with E-state index in [0.29, 0.717) is 5.75 Å². The Labute approximate surface area is 148 Å². The number of rotatable bonds is 6. The molecule has 0 aliphatic heterocycles. The van der Waals surface area contributed by atoms with Crippen LogP contribution in [-0.2, 0) is 0 Å². The van der Waals surface area contributed by atoms with E-state index < -0.39 is 12.3 Å². The second-order valence-electron chi connectivity index (χ2n) is 5.50. The van der Waals surface area contributed by atoms with Crippen LogP contribution < -0.4 is 10.1 Å². The molecule has 2 nitrogen and oxygen atoms in total. The van der Waals surface area contributed by atoms with Crippen LogP contribution in [0.3, 0.4) is 0 Å². The van der Waals surface area contributed by atoms with Gasteiger partial charge in [0.2, 0.25) is 0 Å². The molecule has 1 N–H and O–H groups in total. The van der Waals surface area contributed by atoms with Crippen molar-refractivity contribution in [3.05, 3.63) is 78.4 Å². The molecule has 4 heteroatoms. The first-order valence-electron chi connectivity index (χ1n) is 7.77. The number of hydrogen-bond donors (Lipinski definition) is 1. The molecule has 0 heterocycles. The van der Waals surface area contributed by atoms with Crippen molar-refractivity contribution in [1.29, 1.82) is 0 Å². The van der Waals surface area contributed by atoms with Crippen LogP contribution in [0.2, 0.25) is 0 Å². The number of hydrogen-bond acceptors (Lipinski definition) is 2. The van der Waals surface area contributed by atoms with E-state index in [0.717, 1.165) is 16.3 Å². The second kappa shape index (κ2) is 8.67. The Morgan fingerprint density at radius 3 is 2.33 bits per heavy atom. The number of ether oxygens (including phenoxy) is 1. The molecule has 3 aromatic rings. The first-order valence-corrected chi connectivity index (χ1v) is 7.77. The van der Waals surface area contributed by atoms with Crippen LogP contribution in [0.4, 0.5) is 4.39 Å². The lowest BCUT2D eigenvalue weighted by Gasteiger charge is -2.24. The highest BCUT2D eigenvalue weighted by Gasteiger charge is 2.24. The molecular weight excluding hydrogens is 325 g/mol. The van der Waals surface area contributed by atoms with Crippen molar-refractivity contribution in [2.45, 2.75) is 12.3 Å². The van der Waals surface area contributed by atoms with E-state index in [2.05, 4.69) is 5.32 Å². The summed E-state index contributed by atoms with van der Waals surface area (Å²) in [6.45, 7) is 0.240. The highest BCUT2D eigenvalue weighted by atomic mass is 35.5. The minimum absolute atomic E-state index is 0. The van der Waals surface area contributed by atoms with Gasteiger partial charge in [0.15, 0.2) is 12.3 Å². The van der Waals surface area contributed by atoms with Crippen LogP contribution in [-0.4, -0.2) is 19.8 Å². The predicted molar refractivity (Wildman–Crippen MR) is 99.8 cm³/mol. The largest absolute Gasteiger partial charge is 0.482 e. The van der Waals surface area contributed by atoms with Crippen molar-refractivity contribution < 1.29 is 9.13 Å². The Morgan fingerprint density at radius 1 is 0.917 bits per heavy atom. The van der Waals surface area contributed by atoms with Crippen LogP contribution in [0.5, 0.6) is 5.75 Å². The zero-order valence-corrected chi connectivity index (χ0v) is 14.3. The molecule has 0 fully saturated rings. The third kappa shape index (κ3) is 4.05. The van der Waals surface area contributed by atoms with Gasteiger partial charge in [-0.3, -0.25) is 0 Å². The molecular formula is C20H21ClFNO. The van der Waals surface area contributed by atoms with Gasteiger partial charge in [-0.05, 0) is 24.1 Å². The average Bonchev–Trinajstić information content (AvgIpc) is 2.60. The van der Waals surface area contributed by atoms with Gasteiger partial charge in [0.1, 0.15) is 5.75 Å². The standard InChI is InChI=1S/C20H20FNO.ClH/c1-22-14-18(21)20(16-9-3-2-4-10-16)23-19-13-7-11-15-8-5-6-12-17(15)19;/h2-13,18,20,22H,14H2,1H3;1H/t18-,20-;/m0./s1. The molecule has 0 aliphatic carbocycles. The highest BCUT2D eigenvalue weighted by Crippen LogP contribution is 2.31. The van der Waals surface area contributed by atoms with Crippen LogP contribution in [0.25, 0.3) is 10.8 Å². The van der Waals surface area contributed by atoms with Gasteiger partial charge >= 0.3 is 0 Å². The van der Waals surface area contributed by atoms with Gasteiger partial charge in [0.05, 0.1) is 0 Å². The number of benzene rings is 3. The Kier molecular flexibility index (Phi) is 6.59. The molecule has 0 aliphatic rings. The van der Waals surface area contributed by atoms with Gasteiger partial charge in [-0.2, -0.15) is 0 Å². The fourth-order valence-electron chi connectivity index (χ4n) is 2.73. The third-order valence-electron chi connectivity index (χ3n) is 3.86. The Morgan fingerprint density at radius 2 is 1.58 bits per heavy atom. The zero-order chi connectivity index (χ0) is 16.1. The van der Waals surface area contributed by atoms with Crippen molar-refractivity contribution in [3.8, 4) is 5.75 Å². The van der Waals surface area contributed by atoms with Gasteiger partial charge in [-0.1, -0.05) is 66.7 Å². The van der Waals surface area contributed by atoms with Crippen molar-refractivity contribution in [3.63, 3.8) is 0 Å². The van der Waals surface area contributed by atoms with E-state index in [4.69, 9.17) is 4.74 Å². The summed E-state index contributed by atoms with van der Waals surface area (Å²) in [5.74, 6) is 0.704. The molecule has 2 atom stereocenters. The van der Waals surface area contributed by atoms with Crippen LogP contribution in [0.1, 0.15) is 11.7 Å². The lowest BCUT2D eigenvalue weighted by Crippen LogP contribution is -2.29. The summed E-state index contributed by atoms with van der Waals surface area (Å²) in [4.78, 5) is 0. The van der Waals surface area contributed by atoms with Gasteiger partial charge in [0.25, 0.3) is 0 Å². The van der Waals surface area contributed by atoms with Gasteiger partial charge in [0, 0.05) is 11.9 Å². The first kappa shape index (κ1) is 18.2. The number of nitrogens with one attached hydrogen (secondary N) is 1. The second-order valence-corrected chi connectivity index (χ2v) is 5.50. The smallest absolute Gasteiger partial charge is 0.156 e. The fourth-order valence-corrected chi connectivity index (χ4v) is 2.73. The van der Waals surface area contributed by atoms with Crippen LogP contribution in [0, 0.1) is 0 Å². The summed E-state index contributed by atoms with van der Waals surface area (Å²) >= 11 is 0. The topological polar surface area (TPSA) is 21.3 Å². The molecule has 0 spiro atoms. The fraction of sp³-hybridized carbons (Fsp3) is 0.200. The first-order chi connectivity index (χ1) is 11.3. The number of halogens is 2. The van der Waals surface area contributed by atoms with Gasteiger partial charge in [-0.15, -0.1) is 12.4 Å². The summed E-state index contributed by atoms with van der Waals surface area (Å²) in [6.07, 6.45) is -1.78. The maximum atomic E-state index is 14.7. The van der Waals surface area contributed by atoms with Crippen molar-refractivity contribution in [2.75, 3.05) is 13.6 Å². The summed E-state index contributed by atoms with van der Waals surface area (Å²) in [5, 5.41) is 4.96. The summed E-state index contributed by atoms with van der Waals surface area (Å²) < 4.78 is 20.8. The highest BCUT2D eigenvalue weighted by molar-refractivity contribution is 5.88. The molecule has 24 heavy (non-hydrogen) atoms. The summed E-state index contributed by atoms with van der Waals surface area (Å²) in [6, 6.07) is 23.4. The SMILES string of the molecule is CNC[C@H](F)[C@@H](Oc1cccc2ccccc12)c1ccccc1.Cl. The number of alkyl halides is 1. The van der Waals surface area contributed by atoms with E-state index in [1.807, 2.05) is 72.8 Å². The van der Waals surface area contributed by atoms with E-state index in [1.165, 1.54) is 0 Å². The summed E-state index contributed by atoms with van der Waals surface area (Å²) in [5.41, 5.74) is 0.836. The van der Waals surface area contributed by atoms with Crippen molar-refractivity contribution in [2.24, 2.45) is 0 Å². The summed E-state index contributed by atoms with van der Waals surface area (Å²) in [7, 11) is 1.74. The normalized spacial score (nSPS) is 13.1. The van der Waals surface area contributed by atoms with Crippen LogP contribution in [0.15, 0.2) is 72.8 Å². The van der Waals surface area contributed by atoms with Gasteiger partial charge < -0.3 is 10.1 Å². The maximum absolute atomic E-state index is 14.7. The zero-order valence-electron chi connectivity index (χ0n) is 13.5. The average molecular weight is 346 g/mol. The van der Waals surface area contributed by atoms with E-state index in [-0.39, 0.29) is 19.0 Å². The molecule has 126 valence electrons. The molecule has 0 amide bonds. The molecule has 0 aromatic heterocycles. The van der Waals surface area contributed by atoms with E-state index >= 15 is 0 Å². The Bertz CT molecular complexity index is 760. The molecule has 3 aromatic carbocycles. The number of fused-ring (bicyclic) bond motifs is 1. The minimum atomic E-state index is -1.14. The lowest BCUT2D eigenvalue weighted by atomic mass is 10.0. The van der Waals surface area contributed by atoms with E-state index in [1.54, 1.807) is 7.05 Å². The Balaban J connectivity index is 0.00000208. The quantitative estimate of drug-likeness (QED) is 0.683. The minimum Gasteiger partial charge on any atom is -0.482 e. The molecule has 0 unspecified atom stereocenters. The molecule has 0 radical (unpaired) electrons. The van der Waals surface area contributed by atoms with Crippen molar-refractivity contribution >= 4 is 23.2 Å². The van der Waals surface area contributed by atoms with Gasteiger partial charge in [-0.25, -0.2) is 4.39 Å².